The number of carbonyl (C=O) groups is 4. The number of carbonyl (C=O) groups excluding carboxylic acids is 4. The van der Waals surface area contributed by atoms with E-state index in [1.165, 1.54) is 12.2 Å². The number of hydrogen-bond donors (Lipinski definition) is 3. The van der Waals surface area contributed by atoms with Crippen LogP contribution in [0.1, 0.15) is 6.42 Å². The van der Waals surface area contributed by atoms with Gasteiger partial charge < -0.3 is 16.4 Å². The lowest BCUT2D eigenvalue weighted by Gasteiger charge is -2.14. The van der Waals surface area contributed by atoms with Gasteiger partial charge in [0.2, 0.25) is 5.91 Å². The smallest absolute Gasteiger partial charge is 0.314 e. The summed E-state index contributed by atoms with van der Waals surface area (Å²) >= 11 is 0. The van der Waals surface area contributed by atoms with Crippen LogP contribution in [0.15, 0.2) is 12.2 Å². The predicted molar refractivity (Wildman–Crippen MR) is 61.1 cm³/mol. The van der Waals surface area contributed by atoms with Crippen molar-refractivity contribution in [3.8, 4) is 0 Å². The highest BCUT2D eigenvalue weighted by Gasteiger charge is 2.22. The number of amides is 5. The molecule has 98 valence electrons. The molecule has 18 heavy (non-hydrogen) atoms. The molecule has 0 aliphatic carbocycles. The third kappa shape index (κ3) is 4.24. The van der Waals surface area contributed by atoms with Gasteiger partial charge in [0, 0.05) is 38.2 Å². The fraction of sp³-hybridized carbons (Fsp3) is 0.400. The Morgan fingerprint density at radius 3 is 2.22 bits per heavy atom. The molecule has 0 atom stereocenters. The van der Waals surface area contributed by atoms with Crippen LogP contribution in [0.25, 0.3) is 0 Å². The van der Waals surface area contributed by atoms with Crippen molar-refractivity contribution in [2.75, 3.05) is 19.6 Å². The Hall–Kier alpha value is -2.38. The number of urea groups is 1. The summed E-state index contributed by atoms with van der Waals surface area (Å²) in [6.45, 7) is 0.389. The zero-order valence-electron chi connectivity index (χ0n) is 9.64. The van der Waals surface area contributed by atoms with E-state index in [0.717, 1.165) is 4.90 Å². The second-order valence-corrected chi connectivity index (χ2v) is 3.56. The SMILES string of the molecule is NC(=O)CCNC(=O)NCCN1C(=O)C=CC1=O. The Kier molecular flexibility index (Phi) is 4.85. The van der Waals surface area contributed by atoms with Gasteiger partial charge in [-0.25, -0.2) is 4.79 Å². The fourth-order valence-electron chi connectivity index (χ4n) is 1.29. The molecule has 1 rings (SSSR count). The van der Waals surface area contributed by atoms with Crippen LogP contribution in [0.4, 0.5) is 4.79 Å². The molecule has 0 bridgehead atoms. The topological polar surface area (TPSA) is 122 Å². The predicted octanol–water partition coefficient (Wildman–Crippen LogP) is -1.91. The van der Waals surface area contributed by atoms with Crippen LogP contribution in [-0.4, -0.2) is 48.3 Å². The number of nitrogens with two attached hydrogens (primary N) is 1. The molecule has 4 N–H and O–H groups in total. The van der Waals surface area contributed by atoms with E-state index in [2.05, 4.69) is 10.6 Å². The average Bonchev–Trinajstić information content (AvgIpc) is 2.60. The van der Waals surface area contributed by atoms with Crippen LogP contribution in [0.5, 0.6) is 0 Å². The lowest BCUT2D eigenvalue weighted by molar-refractivity contribution is -0.136. The highest BCUT2D eigenvalue weighted by atomic mass is 16.2. The van der Waals surface area contributed by atoms with Gasteiger partial charge in [-0.05, 0) is 0 Å². The van der Waals surface area contributed by atoms with Crippen LogP contribution in [0.3, 0.4) is 0 Å². The molecular formula is C10H14N4O4. The average molecular weight is 254 g/mol. The van der Waals surface area contributed by atoms with Gasteiger partial charge in [-0.2, -0.15) is 0 Å². The van der Waals surface area contributed by atoms with Crippen molar-refractivity contribution in [2.45, 2.75) is 6.42 Å². The van der Waals surface area contributed by atoms with E-state index in [0.29, 0.717) is 0 Å². The molecule has 1 aliphatic rings. The van der Waals surface area contributed by atoms with Crippen LogP contribution < -0.4 is 16.4 Å². The number of hydrogen-bond acceptors (Lipinski definition) is 4. The van der Waals surface area contributed by atoms with Crippen molar-refractivity contribution in [1.29, 1.82) is 0 Å². The van der Waals surface area contributed by atoms with Crippen molar-refractivity contribution in [1.82, 2.24) is 15.5 Å². The summed E-state index contributed by atoms with van der Waals surface area (Å²) in [5.74, 6) is -1.29. The molecule has 0 aromatic carbocycles. The van der Waals surface area contributed by atoms with Crippen molar-refractivity contribution < 1.29 is 19.2 Å². The Morgan fingerprint density at radius 1 is 1.11 bits per heavy atom. The zero-order chi connectivity index (χ0) is 13.5. The number of nitrogens with one attached hydrogen (secondary N) is 2. The summed E-state index contributed by atoms with van der Waals surface area (Å²) in [4.78, 5) is 44.9. The second-order valence-electron chi connectivity index (χ2n) is 3.56. The first kappa shape index (κ1) is 13.7. The van der Waals surface area contributed by atoms with Gasteiger partial charge in [-0.3, -0.25) is 19.3 Å². The Balaban J connectivity index is 2.14. The Labute approximate surface area is 103 Å². The minimum Gasteiger partial charge on any atom is -0.370 e. The number of nitrogens with zero attached hydrogens (tertiary/aromatic N) is 1. The van der Waals surface area contributed by atoms with Crippen LogP contribution in [-0.2, 0) is 14.4 Å². The van der Waals surface area contributed by atoms with Crippen LogP contribution >= 0.6 is 0 Å². The summed E-state index contributed by atoms with van der Waals surface area (Å²) in [5.41, 5.74) is 4.89. The fourth-order valence-corrected chi connectivity index (χ4v) is 1.29. The first-order valence-corrected chi connectivity index (χ1v) is 5.34. The molecule has 0 saturated carbocycles. The van der Waals surface area contributed by atoms with Crippen molar-refractivity contribution in [3.05, 3.63) is 12.2 Å². The van der Waals surface area contributed by atoms with Gasteiger partial charge in [0.1, 0.15) is 0 Å². The molecule has 5 amide bonds. The lowest BCUT2D eigenvalue weighted by Crippen LogP contribution is -2.42. The molecule has 1 heterocycles. The van der Waals surface area contributed by atoms with E-state index in [1.807, 2.05) is 0 Å². The molecule has 0 spiro atoms. The first-order valence-electron chi connectivity index (χ1n) is 5.34. The largest absolute Gasteiger partial charge is 0.370 e. The highest BCUT2D eigenvalue weighted by Crippen LogP contribution is 2.01. The third-order valence-corrected chi connectivity index (χ3v) is 2.18. The van der Waals surface area contributed by atoms with Gasteiger partial charge >= 0.3 is 6.03 Å². The summed E-state index contributed by atoms with van der Waals surface area (Å²) in [6, 6.07) is -0.483. The minimum atomic E-state index is -0.505. The number of primary amides is 1. The molecule has 8 nitrogen and oxygen atoms in total. The van der Waals surface area contributed by atoms with Gasteiger partial charge in [0.15, 0.2) is 0 Å². The molecule has 0 saturated heterocycles. The summed E-state index contributed by atoms with van der Waals surface area (Å²) in [5, 5.41) is 4.86. The molecule has 0 aromatic rings. The normalized spacial score (nSPS) is 13.9. The van der Waals surface area contributed by atoms with Gasteiger partial charge in [0.25, 0.3) is 11.8 Å². The molecule has 1 aliphatic heterocycles. The van der Waals surface area contributed by atoms with Gasteiger partial charge in [-0.15, -0.1) is 0 Å². The van der Waals surface area contributed by atoms with E-state index >= 15 is 0 Å². The number of rotatable bonds is 6. The van der Waals surface area contributed by atoms with Crippen LogP contribution in [0, 0.1) is 0 Å². The number of imide groups is 1. The zero-order valence-corrected chi connectivity index (χ0v) is 9.64. The minimum absolute atomic E-state index is 0.0560. The molecular weight excluding hydrogens is 240 g/mol. The molecule has 0 radical (unpaired) electrons. The molecule has 0 unspecified atom stereocenters. The van der Waals surface area contributed by atoms with Gasteiger partial charge in [0.05, 0.1) is 0 Å². The second kappa shape index (κ2) is 6.38. The maximum absolute atomic E-state index is 11.2. The molecule has 0 fully saturated rings. The van der Waals surface area contributed by atoms with Crippen molar-refractivity contribution >= 4 is 23.8 Å². The van der Waals surface area contributed by atoms with E-state index in [9.17, 15) is 19.2 Å². The Morgan fingerprint density at radius 2 is 1.67 bits per heavy atom. The summed E-state index contributed by atoms with van der Waals surface area (Å²) in [6.07, 6.45) is 2.41. The third-order valence-electron chi connectivity index (χ3n) is 2.18. The summed E-state index contributed by atoms with van der Waals surface area (Å²) in [7, 11) is 0. The first-order chi connectivity index (χ1) is 8.50. The molecule has 0 aromatic heterocycles. The standard InChI is InChI=1S/C10H14N4O4/c11-7(15)3-4-12-10(18)13-5-6-14-8(16)1-2-9(14)17/h1-2H,3-6H2,(H2,11,15)(H2,12,13,18). The lowest BCUT2D eigenvalue weighted by atomic mass is 10.4. The van der Waals surface area contributed by atoms with Crippen LogP contribution in [0.2, 0.25) is 0 Å². The van der Waals surface area contributed by atoms with E-state index in [1.54, 1.807) is 0 Å². The summed E-state index contributed by atoms with van der Waals surface area (Å²) < 4.78 is 0. The van der Waals surface area contributed by atoms with E-state index in [-0.39, 0.29) is 26.1 Å². The van der Waals surface area contributed by atoms with Crippen molar-refractivity contribution in [3.63, 3.8) is 0 Å². The van der Waals surface area contributed by atoms with E-state index < -0.39 is 23.8 Å². The molecule has 8 heteroatoms. The van der Waals surface area contributed by atoms with E-state index in [4.69, 9.17) is 5.73 Å². The monoisotopic (exact) mass is 254 g/mol. The Bertz CT molecular complexity index is 387. The highest BCUT2D eigenvalue weighted by molar-refractivity contribution is 6.12. The quantitative estimate of drug-likeness (QED) is 0.478. The van der Waals surface area contributed by atoms with Crippen molar-refractivity contribution in [2.24, 2.45) is 5.73 Å². The van der Waals surface area contributed by atoms with Gasteiger partial charge in [-0.1, -0.05) is 0 Å². The maximum Gasteiger partial charge on any atom is 0.314 e. The maximum atomic E-state index is 11.2.